The van der Waals surface area contributed by atoms with Crippen LogP contribution in [0.15, 0.2) is 36.7 Å². The first-order valence-corrected chi connectivity index (χ1v) is 7.24. The summed E-state index contributed by atoms with van der Waals surface area (Å²) < 4.78 is 0. The molecule has 1 aliphatic heterocycles. The fourth-order valence-electron chi connectivity index (χ4n) is 3.22. The topological polar surface area (TPSA) is 52.8 Å². The van der Waals surface area contributed by atoms with Gasteiger partial charge in [0, 0.05) is 30.9 Å². The third kappa shape index (κ3) is 2.47. The first-order chi connectivity index (χ1) is 10.2. The summed E-state index contributed by atoms with van der Waals surface area (Å²) >= 11 is 0. The Bertz CT molecular complexity index is 689. The molecule has 3 rings (SSSR count). The number of aromatic nitrogens is 2. The molecule has 1 fully saturated rings. The van der Waals surface area contributed by atoms with E-state index in [4.69, 9.17) is 0 Å². The lowest BCUT2D eigenvalue weighted by Crippen LogP contribution is -2.28. The molecule has 2 heterocycles. The zero-order chi connectivity index (χ0) is 14.8. The van der Waals surface area contributed by atoms with Gasteiger partial charge in [0.2, 0.25) is 0 Å². The molecule has 0 amide bonds. The normalized spacial score (nSPS) is 21.3. The highest BCUT2D eigenvalue weighted by atomic mass is 15.2. The molecular weight excluding hydrogens is 260 g/mol. The molecule has 1 aliphatic rings. The minimum Gasteiger partial charge on any atom is -0.351 e. The van der Waals surface area contributed by atoms with Crippen molar-refractivity contribution in [3.63, 3.8) is 0 Å². The van der Waals surface area contributed by atoms with Gasteiger partial charge in [-0.2, -0.15) is 5.26 Å². The van der Waals surface area contributed by atoms with Gasteiger partial charge in [0.15, 0.2) is 11.5 Å². The Morgan fingerprint density at radius 3 is 2.76 bits per heavy atom. The summed E-state index contributed by atoms with van der Waals surface area (Å²) in [7, 11) is 0. The molecule has 0 saturated carbocycles. The van der Waals surface area contributed by atoms with Crippen molar-refractivity contribution in [2.45, 2.75) is 32.2 Å². The number of anilines is 1. The Labute approximate surface area is 125 Å². The first kappa shape index (κ1) is 13.6. The molecule has 0 N–H and O–H groups in total. The summed E-state index contributed by atoms with van der Waals surface area (Å²) in [6.07, 6.45) is 4.30. The van der Waals surface area contributed by atoms with E-state index >= 15 is 0 Å². The zero-order valence-corrected chi connectivity index (χ0v) is 12.3. The molecule has 0 spiro atoms. The molecular formula is C17H18N4. The number of aryl methyl sites for hydroxylation is 1. The Balaban J connectivity index is 1.91. The van der Waals surface area contributed by atoms with Gasteiger partial charge in [-0.15, -0.1) is 0 Å². The Morgan fingerprint density at radius 2 is 2.00 bits per heavy atom. The van der Waals surface area contributed by atoms with Gasteiger partial charge in [-0.25, -0.2) is 9.97 Å². The largest absolute Gasteiger partial charge is 0.351 e. The van der Waals surface area contributed by atoms with Crippen LogP contribution < -0.4 is 4.90 Å². The molecule has 2 atom stereocenters. The maximum Gasteiger partial charge on any atom is 0.183 e. The molecule has 2 aromatic rings. The number of rotatable bonds is 2. The smallest absolute Gasteiger partial charge is 0.183 e. The highest BCUT2D eigenvalue weighted by Gasteiger charge is 2.32. The average Bonchev–Trinajstić information content (AvgIpc) is 2.89. The predicted molar refractivity (Wildman–Crippen MR) is 82.1 cm³/mol. The monoisotopic (exact) mass is 278 g/mol. The molecule has 1 aromatic heterocycles. The van der Waals surface area contributed by atoms with Gasteiger partial charge in [0.1, 0.15) is 6.07 Å². The minimum absolute atomic E-state index is 0.360. The fraction of sp³-hybridized carbons (Fsp3) is 0.353. The molecule has 0 aliphatic carbocycles. The van der Waals surface area contributed by atoms with Crippen molar-refractivity contribution in [1.29, 1.82) is 5.26 Å². The average molecular weight is 278 g/mol. The maximum absolute atomic E-state index is 9.21. The van der Waals surface area contributed by atoms with E-state index in [2.05, 4.69) is 59.1 Å². The molecule has 0 radical (unpaired) electrons. The van der Waals surface area contributed by atoms with Crippen LogP contribution in [0.3, 0.4) is 0 Å². The van der Waals surface area contributed by atoms with Crippen LogP contribution in [0.2, 0.25) is 0 Å². The van der Waals surface area contributed by atoms with Crippen molar-refractivity contribution in [1.82, 2.24) is 9.97 Å². The van der Waals surface area contributed by atoms with E-state index in [9.17, 15) is 5.26 Å². The molecule has 106 valence electrons. The highest BCUT2D eigenvalue weighted by molar-refractivity contribution is 5.52. The van der Waals surface area contributed by atoms with Crippen molar-refractivity contribution in [2.75, 3.05) is 11.4 Å². The van der Waals surface area contributed by atoms with Gasteiger partial charge < -0.3 is 4.90 Å². The van der Waals surface area contributed by atoms with Crippen LogP contribution in [0, 0.1) is 18.3 Å². The van der Waals surface area contributed by atoms with Gasteiger partial charge in [0.05, 0.1) is 0 Å². The number of nitrogens with zero attached hydrogens (tertiary/aromatic N) is 4. The zero-order valence-electron chi connectivity index (χ0n) is 12.3. The quantitative estimate of drug-likeness (QED) is 0.847. The highest BCUT2D eigenvalue weighted by Crippen LogP contribution is 2.35. The summed E-state index contributed by atoms with van der Waals surface area (Å²) in [6.45, 7) is 5.24. The van der Waals surface area contributed by atoms with Crippen LogP contribution in [-0.2, 0) is 0 Å². The van der Waals surface area contributed by atoms with Crippen molar-refractivity contribution in [3.8, 4) is 6.07 Å². The molecule has 1 saturated heterocycles. The molecule has 4 nitrogen and oxygen atoms in total. The number of nitriles is 1. The van der Waals surface area contributed by atoms with Gasteiger partial charge in [-0.1, -0.05) is 24.3 Å². The van der Waals surface area contributed by atoms with Crippen molar-refractivity contribution in [2.24, 2.45) is 0 Å². The second-order valence-electron chi connectivity index (χ2n) is 5.63. The molecule has 21 heavy (non-hydrogen) atoms. The summed E-state index contributed by atoms with van der Waals surface area (Å²) in [5.41, 5.74) is 3.14. The van der Waals surface area contributed by atoms with Crippen LogP contribution in [0.1, 0.15) is 36.1 Å². The van der Waals surface area contributed by atoms with Crippen molar-refractivity contribution in [3.05, 3.63) is 53.5 Å². The van der Waals surface area contributed by atoms with E-state index in [1.807, 2.05) is 0 Å². The first-order valence-electron chi connectivity index (χ1n) is 7.24. The van der Waals surface area contributed by atoms with Crippen molar-refractivity contribution >= 4 is 5.82 Å². The van der Waals surface area contributed by atoms with Crippen LogP contribution >= 0.6 is 0 Å². The standard InChI is InChI=1S/C17H18N4/c1-12-5-3-4-6-15(12)14-9-13(2)21(11-14)17-16(10-18)19-7-8-20-17/h3-8,13-14H,9,11H2,1-2H3/t13-,14+/m1/s1. The third-order valence-corrected chi connectivity index (χ3v) is 4.26. The van der Waals surface area contributed by atoms with E-state index in [1.165, 1.54) is 11.1 Å². The van der Waals surface area contributed by atoms with Crippen LogP contribution in [0.4, 0.5) is 5.82 Å². The van der Waals surface area contributed by atoms with Gasteiger partial charge in [0.25, 0.3) is 0 Å². The minimum atomic E-state index is 0.360. The Hall–Kier alpha value is -2.41. The van der Waals surface area contributed by atoms with E-state index in [1.54, 1.807) is 12.4 Å². The molecule has 4 heteroatoms. The lowest BCUT2D eigenvalue weighted by molar-refractivity contribution is 0.693. The number of hydrogen-bond acceptors (Lipinski definition) is 4. The second-order valence-corrected chi connectivity index (χ2v) is 5.63. The molecule has 0 bridgehead atoms. The SMILES string of the molecule is Cc1ccccc1[C@H]1C[C@@H](C)N(c2nccnc2C#N)C1. The van der Waals surface area contributed by atoms with Crippen molar-refractivity contribution < 1.29 is 0 Å². The summed E-state index contributed by atoms with van der Waals surface area (Å²) in [4.78, 5) is 10.7. The van der Waals surface area contributed by atoms with E-state index < -0.39 is 0 Å². The lowest BCUT2D eigenvalue weighted by atomic mass is 9.93. The predicted octanol–water partition coefficient (Wildman–Crippen LogP) is 3.04. The summed E-state index contributed by atoms with van der Waals surface area (Å²) in [6, 6.07) is 11.0. The third-order valence-electron chi connectivity index (χ3n) is 4.26. The van der Waals surface area contributed by atoms with E-state index in [-0.39, 0.29) is 0 Å². The van der Waals surface area contributed by atoms with Crippen LogP contribution in [0.25, 0.3) is 0 Å². The van der Waals surface area contributed by atoms with Gasteiger partial charge in [-0.3, -0.25) is 0 Å². The van der Waals surface area contributed by atoms with Gasteiger partial charge in [-0.05, 0) is 31.4 Å². The fourth-order valence-corrected chi connectivity index (χ4v) is 3.22. The second kappa shape index (κ2) is 5.53. The van der Waals surface area contributed by atoms with E-state index in [0.29, 0.717) is 23.5 Å². The lowest BCUT2D eigenvalue weighted by Gasteiger charge is -2.22. The summed E-state index contributed by atoms with van der Waals surface area (Å²) in [5, 5.41) is 9.21. The van der Waals surface area contributed by atoms with E-state index in [0.717, 1.165) is 13.0 Å². The Morgan fingerprint density at radius 1 is 1.24 bits per heavy atom. The number of benzene rings is 1. The maximum atomic E-state index is 9.21. The Kier molecular flexibility index (Phi) is 3.57. The van der Waals surface area contributed by atoms with Gasteiger partial charge >= 0.3 is 0 Å². The molecule has 1 aromatic carbocycles. The summed E-state index contributed by atoms with van der Waals surface area (Å²) in [5.74, 6) is 1.19. The van der Waals surface area contributed by atoms with Crippen LogP contribution in [0.5, 0.6) is 0 Å². The van der Waals surface area contributed by atoms with Crippen LogP contribution in [-0.4, -0.2) is 22.6 Å². The number of hydrogen-bond donors (Lipinski definition) is 0. The molecule has 0 unspecified atom stereocenters.